The van der Waals surface area contributed by atoms with Crippen LogP contribution in [-0.2, 0) is 16.1 Å². The molecule has 26 heavy (non-hydrogen) atoms. The third-order valence-corrected chi connectivity index (χ3v) is 5.10. The van der Waals surface area contributed by atoms with Gasteiger partial charge in [-0.2, -0.15) is 0 Å². The molecule has 7 heteroatoms. The minimum atomic E-state index is -0.414. The highest BCUT2D eigenvalue weighted by molar-refractivity contribution is 9.10. The van der Waals surface area contributed by atoms with Crippen molar-refractivity contribution in [2.45, 2.75) is 40.2 Å². The standard InChI is InChI=1S/C19H25BrN4O2/c1-19(2,3)18(26)23-8-4-5-13(10-23)17(25)21-9-15-12-24-11-14(20)6-7-16(24)22-15/h6-7,11-13H,4-5,8-10H2,1-3H3,(H,21,25). The zero-order valence-electron chi connectivity index (χ0n) is 15.5. The van der Waals surface area contributed by atoms with E-state index >= 15 is 0 Å². The Bertz CT molecular complexity index is 825. The van der Waals surface area contributed by atoms with E-state index in [1.807, 2.05) is 54.6 Å². The van der Waals surface area contributed by atoms with E-state index < -0.39 is 5.41 Å². The van der Waals surface area contributed by atoms with Crippen molar-refractivity contribution >= 4 is 33.4 Å². The zero-order chi connectivity index (χ0) is 18.9. The van der Waals surface area contributed by atoms with E-state index in [4.69, 9.17) is 0 Å². The first kappa shape index (κ1) is 18.9. The first-order chi connectivity index (χ1) is 12.2. The lowest BCUT2D eigenvalue weighted by molar-refractivity contribution is -0.142. The van der Waals surface area contributed by atoms with Crippen molar-refractivity contribution in [3.63, 3.8) is 0 Å². The van der Waals surface area contributed by atoms with Gasteiger partial charge in [0.1, 0.15) is 5.65 Å². The van der Waals surface area contributed by atoms with Crippen LogP contribution in [0.4, 0.5) is 0 Å². The fraction of sp³-hybridized carbons (Fsp3) is 0.526. The summed E-state index contributed by atoms with van der Waals surface area (Å²) in [6.07, 6.45) is 5.53. The molecule has 2 aromatic rings. The SMILES string of the molecule is CC(C)(C)C(=O)N1CCCC(C(=O)NCc2cn3cc(Br)ccc3n2)C1. The van der Waals surface area contributed by atoms with E-state index in [-0.39, 0.29) is 17.7 Å². The first-order valence-electron chi connectivity index (χ1n) is 8.94. The molecule has 2 aromatic heterocycles. The number of aromatic nitrogens is 2. The lowest BCUT2D eigenvalue weighted by Crippen LogP contribution is -2.48. The maximum atomic E-state index is 12.6. The van der Waals surface area contributed by atoms with Gasteiger partial charge in [0.15, 0.2) is 0 Å². The maximum Gasteiger partial charge on any atom is 0.227 e. The number of carbonyl (C=O) groups excluding carboxylic acids is 2. The average Bonchev–Trinajstić information content (AvgIpc) is 3.00. The Morgan fingerprint density at radius 1 is 1.31 bits per heavy atom. The van der Waals surface area contributed by atoms with E-state index in [2.05, 4.69) is 26.2 Å². The lowest BCUT2D eigenvalue weighted by atomic mass is 9.91. The number of pyridine rings is 1. The van der Waals surface area contributed by atoms with Crippen LogP contribution in [0.15, 0.2) is 29.0 Å². The molecule has 0 bridgehead atoms. The molecule has 1 fully saturated rings. The number of imidazole rings is 1. The molecular weight excluding hydrogens is 396 g/mol. The highest BCUT2D eigenvalue weighted by Gasteiger charge is 2.33. The Labute approximate surface area is 162 Å². The van der Waals surface area contributed by atoms with Crippen LogP contribution in [0.5, 0.6) is 0 Å². The molecule has 3 rings (SSSR count). The molecule has 0 aliphatic carbocycles. The highest BCUT2D eigenvalue weighted by Crippen LogP contribution is 2.23. The highest BCUT2D eigenvalue weighted by atomic mass is 79.9. The van der Waals surface area contributed by atoms with Crippen LogP contribution >= 0.6 is 15.9 Å². The molecule has 1 saturated heterocycles. The largest absolute Gasteiger partial charge is 0.350 e. The van der Waals surface area contributed by atoms with E-state index in [0.717, 1.165) is 35.2 Å². The van der Waals surface area contributed by atoms with Gasteiger partial charge in [-0.05, 0) is 40.9 Å². The molecule has 3 heterocycles. The summed E-state index contributed by atoms with van der Waals surface area (Å²) in [7, 11) is 0. The quantitative estimate of drug-likeness (QED) is 0.829. The smallest absolute Gasteiger partial charge is 0.227 e. The Morgan fingerprint density at radius 3 is 2.81 bits per heavy atom. The summed E-state index contributed by atoms with van der Waals surface area (Å²) < 4.78 is 2.90. The minimum Gasteiger partial charge on any atom is -0.350 e. The number of hydrogen-bond acceptors (Lipinski definition) is 3. The van der Waals surface area contributed by atoms with Crippen molar-refractivity contribution in [1.29, 1.82) is 0 Å². The second-order valence-electron chi connectivity index (χ2n) is 7.90. The topological polar surface area (TPSA) is 66.7 Å². The van der Waals surface area contributed by atoms with Crippen molar-refractivity contribution in [1.82, 2.24) is 19.6 Å². The van der Waals surface area contributed by atoms with Gasteiger partial charge < -0.3 is 14.6 Å². The lowest BCUT2D eigenvalue weighted by Gasteiger charge is -2.35. The number of nitrogens with one attached hydrogen (secondary N) is 1. The molecule has 1 N–H and O–H groups in total. The Morgan fingerprint density at radius 2 is 2.08 bits per heavy atom. The molecule has 0 aromatic carbocycles. The average molecular weight is 421 g/mol. The zero-order valence-corrected chi connectivity index (χ0v) is 17.0. The van der Waals surface area contributed by atoms with Crippen molar-refractivity contribution in [2.24, 2.45) is 11.3 Å². The van der Waals surface area contributed by atoms with Crippen LogP contribution in [0.1, 0.15) is 39.3 Å². The summed E-state index contributed by atoms with van der Waals surface area (Å²) in [6.45, 7) is 7.38. The number of carbonyl (C=O) groups is 2. The first-order valence-corrected chi connectivity index (χ1v) is 9.73. The molecule has 0 spiro atoms. The third kappa shape index (κ3) is 4.26. The number of hydrogen-bond donors (Lipinski definition) is 1. The molecule has 1 aliphatic rings. The second-order valence-corrected chi connectivity index (χ2v) is 8.82. The number of nitrogens with zero attached hydrogens (tertiary/aromatic N) is 3. The molecule has 0 saturated carbocycles. The van der Waals surface area contributed by atoms with Gasteiger partial charge in [0.25, 0.3) is 0 Å². The number of amides is 2. The number of piperidine rings is 1. The summed E-state index contributed by atoms with van der Waals surface area (Å²) >= 11 is 3.44. The Hall–Kier alpha value is -1.89. The van der Waals surface area contributed by atoms with Gasteiger partial charge in [-0.1, -0.05) is 20.8 Å². The Kier molecular flexibility index (Phi) is 5.37. The fourth-order valence-corrected chi connectivity index (χ4v) is 3.63. The fourth-order valence-electron chi connectivity index (χ4n) is 3.27. The monoisotopic (exact) mass is 420 g/mol. The third-order valence-electron chi connectivity index (χ3n) is 4.63. The van der Waals surface area contributed by atoms with Gasteiger partial charge in [0, 0.05) is 35.4 Å². The molecular formula is C19H25BrN4O2. The number of fused-ring (bicyclic) bond motifs is 1. The minimum absolute atomic E-state index is 0.00496. The van der Waals surface area contributed by atoms with Crippen LogP contribution in [0.2, 0.25) is 0 Å². The predicted molar refractivity (Wildman–Crippen MR) is 103 cm³/mol. The van der Waals surface area contributed by atoms with Crippen LogP contribution in [0, 0.1) is 11.3 Å². The van der Waals surface area contributed by atoms with Gasteiger partial charge in [-0.15, -0.1) is 0 Å². The van der Waals surface area contributed by atoms with E-state index in [1.165, 1.54) is 0 Å². The van der Waals surface area contributed by atoms with Crippen LogP contribution < -0.4 is 5.32 Å². The van der Waals surface area contributed by atoms with Crippen molar-refractivity contribution in [3.05, 3.63) is 34.7 Å². The molecule has 1 aliphatic heterocycles. The summed E-state index contributed by atoms with van der Waals surface area (Å²) in [4.78, 5) is 31.4. The predicted octanol–water partition coefficient (Wildman–Crippen LogP) is 3.00. The molecule has 2 amide bonds. The van der Waals surface area contributed by atoms with Crippen molar-refractivity contribution in [3.8, 4) is 0 Å². The van der Waals surface area contributed by atoms with E-state index in [9.17, 15) is 9.59 Å². The summed E-state index contributed by atoms with van der Waals surface area (Å²) in [5.41, 5.74) is 1.25. The van der Waals surface area contributed by atoms with E-state index in [1.54, 1.807) is 0 Å². The molecule has 1 atom stereocenters. The number of halogens is 1. The van der Waals surface area contributed by atoms with Gasteiger partial charge in [-0.25, -0.2) is 4.98 Å². The number of rotatable bonds is 3. The van der Waals surface area contributed by atoms with Gasteiger partial charge >= 0.3 is 0 Å². The Balaban J connectivity index is 1.59. The van der Waals surface area contributed by atoms with Crippen LogP contribution in [-0.4, -0.2) is 39.2 Å². The number of likely N-dealkylation sites (tertiary alicyclic amines) is 1. The molecule has 6 nitrogen and oxygen atoms in total. The molecule has 1 unspecified atom stereocenters. The summed E-state index contributed by atoms with van der Waals surface area (Å²) in [6, 6.07) is 3.86. The maximum absolute atomic E-state index is 12.6. The normalized spacial score (nSPS) is 18.2. The summed E-state index contributed by atoms with van der Waals surface area (Å²) in [5.74, 6) is -0.0446. The summed E-state index contributed by atoms with van der Waals surface area (Å²) in [5, 5.41) is 2.98. The molecule has 0 radical (unpaired) electrons. The van der Waals surface area contributed by atoms with Gasteiger partial charge in [0.2, 0.25) is 11.8 Å². The van der Waals surface area contributed by atoms with Crippen LogP contribution in [0.25, 0.3) is 5.65 Å². The van der Waals surface area contributed by atoms with E-state index in [0.29, 0.717) is 13.1 Å². The van der Waals surface area contributed by atoms with Gasteiger partial charge in [-0.3, -0.25) is 9.59 Å². The molecule has 140 valence electrons. The van der Waals surface area contributed by atoms with Crippen LogP contribution in [0.3, 0.4) is 0 Å². The van der Waals surface area contributed by atoms with Gasteiger partial charge in [0.05, 0.1) is 18.2 Å². The van der Waals surface area contributed by atoms with Crippen molar-refractivity contribution in [2.75, 3.05) is 13.1 Å². The van der Waals surface area contributed by atoms with Crippen molar-refractivity contribution < 1.29 is 9.59 Å². The second kappa shape index (κ2) is 7.39.